The average Bonchev–Trinajstić information content (AvgIpc) is 2.43. The van der Waals surface area contributed by atoms with Gasteiger partial charge in [0.15, 0.2) is 6.10 Å². The van der Waals surface area contributed by atoms with Gasteiger partial charge in [-0.05, 0) is 52.0 Å². The van der Waals surface area contributed by atoms with E-state index in [1.807, 2.05) is 32.9 Å². The Hall–Kier alpha value is -1.82. The lowest BCUT2D eigenvalue weighted by Gasteiger charge is -2.22. The van der Waals surface area contributed by atoms with Crippen molar-refractivity contribution in [3.05, 3.63) is 34.3 Å². The van der Waals surface area contributed by atoms with Crippen LogP contribution in [0, 0.1) is 0 Å². The van der Waals surface area contributed by atoms with Gasteiger partial charge in [-0.1, -0.05) is 15.9 Å². The molecule has 0 bridgehead atoms. The van der Waals surface area contributed by atoms with E-state index in [1.165, 1.54) is 13.0 Å². The van der Waals surface area contributed by atoms with Crippen molar-refractivity contribution in [2.45, 2.75) is 39.3 Å². The SMILES string of the molecule is COc1ccc(Br)cc1/C=C/C(=O)OC(C)C(=O)NC(C)(C)C. The van der Waals surface area contributed by atoms with E-state index >= 15 is 0 Å². The van der Waals surface area contributed by atoms with Crippen molar-refractivity contribution in [3.8, 4) is 5.75 Å². The zero-order valence-corrected chi connectivity index (χ0v) is 15.6. The van der Waals surface area contributed by atoms with Crippen molar-refractivity contribution in [1.29, 1.82) is 0 Å². The number of hydrogen-bond acceptors (Lipinski definition) is 4. The number of carbonyl (C=O) groups is 2. The minimum atomic E-state index is -0.865. The van der Waals surface area contributed by atoms with Gasteiger partial charge in [0, 0.05) is 21.7 Å². The first kappa shape index (κ1) is 19.2. The summed E-state index contributed by atoms with van der Waals surface area (Å²) in [6.45, 7) is 7.11. The number of methoxy groups -OCH3 is 1. The molecule has 0 aromatic heterocycles. The highest BCUT2D eigenvalue weighted by molar-refractivity contribution is 9.10. The van der Waals surface area contributed by atoms with Crippen LogP contribution in [0.3, 0.4) is 0 Å². The summed E-state index contributed by atoms with van der Waals surface area (Å²) in [6.07, 6.45) is 1.99. The summed E-state index contributed by atoms with van der Waals surface area (Å²) in [4.78, 5) is 23.7. The fourth-order valence-electron chi connectivity index (χ4n) is 1.73. The number of hydrogen-bond donors (Lipinski definition) is 1. The molecule has 6 heteroatoms. The van der Waals surface area contributed by atoms with Crippen molar-refractivity contribution in [3.63, 3.8) is 0 Å². The van der Waals surface area contributed by atoms with E-state index in [9.17, 15) is 9.59 Å². The Morgan fingerprint density at radius 1 is 1.30 bits per heavy atom. The standard InChI is InChI=1S/C17H22BrNO4/c1-11(16(21)19-17(2,3)4)23-15(20)9-6-12-10-13(18)7-8-14(12)22-5/h6-11H,1-5H3,(H,19,21)/b9-6+. The van der Waals surface area contributed by atoms with Crippen LogP contribution in [0.1, 0.15) is 33.3 Å². The van der Waals surface area contributed by atoms with Crippen LogP contribution in [-0.2, 0) is 14.3 Å². The second-order valence-corrected chi connectivity index (χ2v) is 6.95. The molecule has 1 atom stereocenters. The number of esters is 1. The van der Waals surface area contributed by atoms with E-state index in [0.29, 0.717) is 5.75 Å². The third kappa shape index (κ3) is 6.86. The maximum atomic E-state index is 11.9. The lowest BCUT2D eigenvalue weighted by molar-refractivity contribution is -0.150. The molecule has 1 amide bonds. The molecule has 1 rings (SSSR count). The zero-order chi connectivity index (χ0) is 17.6. The van der Waals surface area contributed by atoms with Crippen molar-refractivity contribution >= 4 is 33.9 Å². The topological polar surface area (TPSA) is 64.6 Å². The zero-order valence-electron chi connectivity index (χ0n) is 14.0. The first-order chi connectivity index (χ1) is 10.6. The van der Waals surface area contributed by atoms with Gasteiger partial charge in [-0.2, -0.15) is 0 Å². The quantitative estimate of drug-likeness (QED) is 0.625. The second kappa shape index (κ2) is 8.15. The smallest absolute Gasteiger partial charge is 0.331 e. The molecule has 0 radical (unpaired) electrons. The Morgan fingerprint density at radius 3 is 2.52 bits per heavy atom. The Labute approximate surface area is 145 Å². The Morgan fingerprint density at radius 2 is 1.96 bits per heavy atom. The van der Waals surface area contributed by atoms with Crippen molar-refractivity contribution in [2.75, 3.05) is 7.11 Å². The molecule has 5 nitrogen and oxygen atoms in total. The van der Waals surface area contributed by atoms with Crippen molar-refractivity contribution in [1.82, 2.24) is 5.32 Å². The van der Waals surface area contributed by atoms with Gasteiger partial charge in [0.2, 0.25) is 0 Å². The highest BCUT2D eigenvalue weighted by Crippen LogP contribution is 2.24. The average molecular weight is 384 g/mol. The molecule has 0 aliphatic rings. The molecule has 0 saturated carbocycles. The third-order valence-corrected chi connectivity index (χ3v) is 3.24. The van der Waals surface area contributed by atoms with Gasteiger partial charge in [-0.15, -0.1) is 0 Å². The van der Waals surface area contributed by atoms with Crippen LogP contribution in [-0.4, -0.2) is 30.6 Å². The predicted octanol–water partition coefficient (Wildman–Crippen LogP) is 3.32. The van der Waals surface area contributed by atoms with Crippen LogP contribution >= 0.6 is 15.9 Å². The Bertz CT molecular complexity index is 605. The molecular weight excluding hydrogens is 362 g/mol. The summed E-state index contributed by atoms with van der Waals surface area (Å²) in [5.74, 6) is -0.293. The van der Waals surface area contributed by atoms with Gasteiger partial charge in [0.25, 0.3) is 5.91 Å². The Kier molecular flexibility index (Phi) is 6.81. The highest BCUT2D eigenvalue weighted by atomic mass is 79.9. The van der Waals surface area contributed by atoms with Crippen LogP contribution in [0.5, 0.6) is 5.75 Å². The molecule has 0 fully saturated rings. The number of rotatable bonds is 5. The second-order valence-electron chi connectivity index (χ2n) is 6.04. The van der Waals surface area contributed by atoms with Crippen molar-refractivity contribution < 1.29 is 19.1 Å². The van der Waals surface area contributed by atoms with E-state index in [4.69, 9.17) is 9.47 Å². The maximum absolute atomic E-state index is 11.9. The van der Waals surface area contributed by atoms with Crippen LogP contribution in [0.15, 0.2) is 28.7 Å². The third-order valence-electron chi connectivity index (χ3n) is 2.75. The van der Waals surface area contributed by atoms with Gasteiger partial charge in [-0.25, -0.2) is 4.79 Å². The minimum absolute atomic E-state index is 0.334. The summed E-state index contributed by atoms with van der Waals surface area (Å²) in [5, 5.41) is 2.76. The number of carbonyl (C=O) groups excluding carboxylic acids is 2. The summed E-state index contributed by atoms with van der Waals surface area (Å²) in [6, 6.07) is 5.44. The van der Waals surface area contributed by atoms with Crippen LogP contribution in [0.4, 0.5) is 0 Å². The normalized spacial score (nSPS) is 12.8. The minimum Gasteiger partial charge on any atom is -0.496 e. The lowest BCUT2D eigenvalue weighted by Crippen LogP contribution is -2.46. The molecule has 126 valence electrons. The molecule has 23 heavy (non-hydrogen) atoms. The fraction of sp³-hybridized carbons (Fsp3) is 0.412. The highest BCUT2D eigenvalue weighted by Gasteiger charge is 2.21. The largest absolute Gasteiger partial charge is 0.496 e. The van der Waals surface area contributed by atoms with Crippen LogP contribution in [0.25, 0.3) is 6.08 Å². The number of benzene rings is 1. The van der Waals surface area contributed by atoms with E-state index in [0.717, 1.165) is 10.0 Å². The molecule has 0 heterocycles. The first-order valence-corrected chi connectivity index (χ1v) is 7.96. The molecule has 1 unspecified atom stereocenters. The Balaban J connectivity index is 2.69. The molecule has 0 spiro atoms. The van der Waals surface area contributed by atoms with Gasteiger partial charge < -0.3 is 14.8 Å². The molecule has 1 aromatic rings. The van der Waals surface area contributed by atoms with Gasteiger partial charge in [0.05, 0.1) is 7.11 Å². The number of halogens is 1. The first-order valence-electron chi connectivity index (χ1n) is 7.16. The van der Waals surface area contributed by atoms with Crippen LogP contribution in [0.2, 0.25) is 0 Å². The molecule has 0 aliphatic carbocycles. The summed E-state index contributed by atoms with van der Waals surface area (Å²) < 4.78 is 11.2. The lowest BCUT2D eigenvalue weighted by atomic mass is 10.1. The van der Waals surface area contributed by atoms with E-state index in [2.05, 4.69) is 21.2 Å². The van der Waals surface area contributed by atoms with Gasteiger partial charge >= 0.3 is 5.97 Å². The molecule has 0 aliphatic heterocycles. The van der Waals surface area contributed by atoms with E-state index in [-0.39, 0.29) is 11.4 Å². The fourth-order valence-corrected chi connectivity index (χ4v) is 2.11. The summed E-state index contributed by atoms with van der Waals surface area (Å²) in [7, 11) is 1.55. The molecule has 0 saturated heterocycles. The molecule has 1 N–H and O–H groups in total. The van der Waals surface area contributed by atoms with E-state index in [1.54, 1.807) is 19.3 Å². The summed E-state index contributed by atoms with van der Waals surface area (Å²) >= 11 is 3.36. The summed E-state index contributed by atoms with van der Waals surface area (Å²) in [5.41, 5.74) is 0.350. The number of ether oxygens (including phenoxy) is 2. The number of amides is 1. The van der Waals surface area contributed by atoms with Gasteiger partial charge in [-0.3, -0.25) is 4.79 Å². The molecule has 1 aromatic carbocycles. The number of nitrogens with one attached hydrogen (secondary N) is 1. The molecular formula is C17H22BrNO4. The van der Waals surface area contributed by atoms with Crippen LogP contribution < -0.4 is 10.1 Å². The predicted molar refractivity (Wildman–Crippen MR) is 93.2 cm³/mol. The van der Waals surface area contributed by atoms with E-state index < -0.39 is 12.1 Å². The maximum Gasteiger partial charge on any atom is 0.331 e. The van der Waals surface area contributed by atoms with Crippen molar-refractivity contribution in [2.24, 2.45) is 0 Å². The van der Waals surface area contributed by atoms with Gasteiger partial charge in [0.1, 0.15) is 5.75 Å². The monoisotopic (exact) mass is 383 g/mol.